The molecular weight excluding hydrogens is 340 g/mol. The maximum atomic E-state index is 12.6. The standard InChI is InChI=1S/C17H18N4O3S/c1-17(2,3)15(22)12-8-19-16-14(12)21-13(9-20-16)10-4-6-11(7-5-10)25(18,23)24/h4-9H,1-3H3,(H,19,20)(H2,18,23,24). The summed E-state index contributed by atoms with van der Waals surface area (Å²) in [5.41, 5.74) is 2.18. The summed E-state index contributed by atoms with van der Waals surface area (Å²) in [6, 6.07) is 6.03. The largest absolute Gasteiger partial charge is 0.344 e. The van der Waals surface area contributed by atoms with Gasteiger partial charge < -0.3 is 4.98 Å². The molecule has 0 aliphatic heterocycles. The second-order valence-electron chi connectivity index (χ2n) is 6.80. The smallest absolute Gasteiger partial charge is 0.238 e. The number of carbonyl (C=O) groups excluding carboxylic acids is 1. The van der Waals surface area contributed by atoms with Gasteiger partial charge in [0.1, 0.15) is 5.52 Å². The molecule has 2 heterocycles. The molecular formula is C17H18N4O3S. The first-order valence-corrected chi connectivity index (χ1v) is 9.14. The van der Waals surface area contributed by atoms with Gasteiger partial charge in [-0.2, -0.15) is 0 Å². The molecule has 8 heteroatoms. The molecule has 0 atom stereocenters. The van der Waals surface area contributed by atoms with Crippen LogP contribution in [-0.2, 0) is 10.0 Å². The quantitative estimate of drug-likeness (QED) is 0.697. The fourth-order valence-corrected chi connectivity index (χ4v) is 2.94. The number of aromatic nitrogens is 3. The maximum absolute atomic E-state index is 12.6. The zero-order valence-electron chi connectivity index (χ0n) is 14.1. The van der Waals surface area contributed by atoms with Crippen LogP contribution in [0.15, 0.2) is 41.6 Å². The molecule has 0 unspecified atom stereocenters. The van der Waals surface area contributed by atoms with Gasteiger partial charge in [-0.3, -0.25) is 4.79 Å². The van der Waals surface area contributed by atoms with Crippen molar-refractivity contribution in [3.63, 3.8) is 0 Å². The van der Waals surface area contributed by atoms with Gasteiger partial charge in [0, 0.05) is 17.2 Å². The molecule has 3 rings (SSSR count). The highest BCUT2D eigenvalue weighted by Crippen LogP contribution is 2.27. The first-order valence-electron chi connectivity index (χ1n) is 7.59. The van der Waals surface area contributed by atoms with Crippen LogP contribution in [0.25, 0.3) is 22.4 Å². The summed E-state index contributed by atoms with van der Waals surface area (Å²) in [4.78, 5) is 24.4. The first kappa shape index (κ1) is 17.2. The Bertz CT molecular complexity index is 1060. The van der Waals surface area contributed by atoms with E-state index >= 15 is 0 Å². The lowest BCUT2D eigenvalue weighted by Gasteiger charge is -2.15. The Balaban J connectivity index is 2.08. The highest BCUT2D eigenvalue weighted by atomic mass is 32.2. The molecule has 0 amide bonds. The predicted octanol–water partition coefficient (Wildman–Crippen LogP) is 2.50. The third kappa shape index (κ3) is 3.31. The fourth-order valence-electron chi connectivity index (χ4n) is 2.42. The van der Waals surface area contributed by atoms with E-state index in [1.807, 2.05) is 20.8 Å². The number of ketones is 1. The molecule has 130 valence electrons. The Labute approximate surface area is 145 Å². The molecule has 0 aliphatic rings. The van der Waals surface area contributed by atoms with Gasteiger partial charge in [0.2, 0.25) is 10.0 Å². The van der Waals surface area contributed by atoms with Crippen LogP contribution in [-0.4, -0.2) is 29.2 Å². The molecule has 0 saturated heterocycles. The molecule has 3 aromatic rings. The van der Waals surface area contributed by atoms with E-state index < -0.39 is 15.4 Å². The molecule has 0 fully saturated rings. The summed E-state index contributed by atoms with van der Waals surface area (Å²) in [7, 11) is -3.75. The number of nitrogens with two attached hydrogens (primary N) is 1. The Hall–Kier alpha value is -2.58. The van der Waals surface area contributed by atoms with Crippen molar-refractivity contribution in [2.75, 3.05) is 0 Å². The molecule has 0 radical (unpaired) electrons. The average Bonchev–Trinajstić information content (AvgIpc) is 2.95. The van der Waals surface area contributed by atoms with E-state index in [1.165, 1.54) is 12.1 Å². The summed E-state index contributed by atoms with van der Waals surface area (Å²) >= 11 is 0. The molecule has 1 aromatic carbocycles. The number of hydrogen-bond donors (Lipinski definition) is 2. The fraction of sp³-hybridized carbons (Fsp3) is 0.235. The minimum Gasteiger partial charge on any atom is -0.344 e. The number of nitrogens with one attached hydrogen (secondary N) is 1. The van der Waals surface area contributed by atoms with Gasteiger partial charge in [-0.05, 0) is 12.1 Å². The summed E-state index contributed by atoms with van der Waals surface area (Å²) in [6.45, 7) is 5.53. The topological polar surface area (TPSA) is 119 Å². The van der Waals surface area contributed by atoms with E-state index in [9.17, 15) is 13.2 Å². The van der Waals surface area contributed by atoms with Gasteiger partial charge in [0.05, 0.1) is 22.3 Å². The van der Waals surface area contributed by atoms with Crippen LogP contribution in [0, 0.1) is 5.41 Å². The number of primary sulfonamides is 1. The number of nitrogens with zero attached hydrogens (tertiary/aromatic N) is 2. The predicted molar refractivity (Wildman–Crippen MR) is 94.5 cm³/mol. The normalized spacial score (nSPS) is 12.5. The average molecular weight is 358 g/mol. The van der Waals surface area contributed by atoms with Crippen molar-refractivity contribution in [3.8, 4) is 11.3 Å². The number of H-pyrrole nitrogens is 1. The van der Waals surface area contributed by atoms with Crippen LogP contribution >= 0.6 is 0 Å². The van der Waals surface area contributed by atoms with Crippen LogP contribution in [0.5, 0.6) is 0 Å². The first-order chi connectivity index (χ1) is 11.6. The van der Waals surface area contributed by atoms with Gasteiger partial charge in [0.15, 0.2) is 11.4 Å². The van der Waals surface area contributed by atoms with E-state index in [0.29, 0.717) is 28.0 Å². The Morgan fingerprint density at radius 2 is 1.80 bits per heavy atom. The molecule has 7 nitrogen and oxygen atoms in total. The molecule has 0 saturated carbocycles. The van der Waals surface area contributed by atoms with Crippen molar-refractivity contribution < 1.29 is 13.2 Å². The zero-order chi connectivity index (χ0) is 18.4. The van der Waals surface area contributed by atoms with Crippen molar-refractivity contribution in [3.05, 3.63) is 42.2 Å². The lowest BCUT2D eigenvalue weighted by atomic mass is 9.87. The third-order valence-corrected chi connectivity index (χ3v) is 4.71. The van der Waals surface area contributed by atoms with Crippen molar-refractivity contribution in [2.24, 2.45) is 10.6 Å². The van der Waals surface area contributed by atoms with Gasteiger partial charge in [-0.1, -0.05) is 32.9 Å². The number of fused-ring (bicyclic) bond motifs is 1. The number of sulfonamides is 1. The summed E-state index contributed by atoms with van der Waals surface area (Å²) in [6.07, 6.45) is 3.18. The molecule has 0 spiro atoms. The van der Waals surface area contributed by atoms with Gasteiger partial charge in [-0.15, -0.1) is 0 Å². The highest BCUT2D eigenvalue weighted by molar-refractivity contribution is 7.89. The second-order valence-corrected chi connectivity index (χ2v) is 8.36. The number of rotatable bonds is 3. The summed E-state index contributed by atoms with van der Waals surface area (Å²) in [5.74, 6) is -0.0326. The Morgan fingerprint density at radius 1 is 1.16 bits per heavy atom. The van der Waals surface area contributed by atoms with Crippen molar-refractivity contribution in [1.29, 1.82) is 0 Å². The van der Waals surface area contributed by atoms with Gasteiger partial charge in [0.25, 0.3) is 0 Å². The zero-order valence-corrected chi connectivity index (χ0v) is 14.9. The molecule has 3 N–H and O–H groups in total. The molecule has 2 aromatic heterocycles. The van der Waals surface area contributed by atoms with Crippen LogP contribution in [0.4, 0.5) is 0 Å². The van der Waals surface area contributed by atoms with E-state index in [-0.39, 0.29) is 10.7 Å². The van der Waals surface area contributed by atoms with E-state index in [0.717, 1.165) is 0 Å². The van der Waals surface area contributed by atoms with Gasteiger partial charge in [-0.25, -0.2) is 23.5 Å². The Morgan fingerprint density at radius 3 is 2.36 bits per heavy atom. The van der Waals surface area contributed by atoms with E-state index in [1.54, 1.807) is 24.5 Å². The van der Waals surface area contributed by atoms with Gasteiger partial charge >= 0.3 is 0 Å². The SMILES string of the molecule is CC(C)(C)C(=O)c1c[nH]c2ncc(-c3ccc(S(N)(=O)=O)cc3)nc12. The minimum atomic E-state index is -3.75. The van der Waals surface area contributed by atoms with E-state index in [4.69, 9.17) is 5.14 Å². The number of benzene rings is 1. The molecule has 0 aliphatic carbocycles. The second kappa shape index (κ2) is 5.75. The lowest BCUT2D eigenvalue weighted by molar-refractivity contribution is 0.0860. The van der Waals surface area contributed by atoms with Crippen LogP contribution in [0.1, 0.15) is 31.1 Å². The van der Waals surface area contributed by atoms with E-state index in [2.05, 4.69) is 15.0 Å². The minimum absolute atomic E-state index is 0.0236. The Kier molecular flexibility index (Phi) is 3.97. The van der Waals surface area contributed by atoms with Crippen molar-refractivity contribution in [1.82, 2.24) is 15.0 Å². The number of Topliss-reactive ketones (excluding diaryl/α,β-unsaturated/α-hetero) is 1. The summed E-state index contributed by atoms with van der Waals surface area (Å²) in [5, 5.41) is 5.10. The third-order valence-electron chi connectivity index (χ3n) is 3.79. The van der Waals surface area contributed by atoms with Crippen LogP contribution < -0.4 is 5.14 Å². The monoisotopic (exact) mass is 358 g/mol. The lowest BCUT2D eigenvalue weighted by Crippen LogP contribution is -2.20. The maximum Gasteiger partial charge on any atom is 0.238 e. The number of aromatic amines is 1. The highest BCUT2D eigenvalue weighted by Gasteiger charge is 2.26. The van der Waals surface area contributed by atoms with Crippen molar-refractivity contribution >= 4 is 27.0 Å². The number of carbonyl (C=O) groups is 1. The van der Waals surface area contributed by atoms with Crippen molar-refractivity contribution in [2.45, 2.75) is 25.7 Å². The van der Waals surface area contributed by atoms with Crippen LogP contribution in [0.3, 0.4) is 0 Å². The molecule has 25 heavy (non-hydrogen) atoms. The molecule has 0 bridgehead atoms. The number of hydrogen-bond acceptors (Lipinski definition) is 5. The van der Waals surface area contributed by atoms with Crippen LogP contribution in [0.2, 0.25) is 0 Å². The summed E-state index contributed by atoms with van der Waals surface area (Å²) < 4.78 is 22.7.